The Morgan fingerprint density at radius 1 is 1.10 bits per heavy atom. The number of aliphatic hydroxyl groups excluding tert-OH is 1. The molecule has 0 amide bonds. The van der Waals surface area contributed by atoms with Gasteiger partial charge in [0.05, 0.1) is 17.9 Å². The number of carbonyl (C=O) groups is 2. The topological polar surface area (TPSA) is 94.8 Å². The third-order valence-electron chi connectivity index (χ3n) is 4.16. The van der Waals surface area contributed by atoms with E-state index in [1.807, 2.05) is 19.1 Å². The summed E-state index contributed by atoms with van der Waals surface area (Å²) >= 11 is 0. The van der Waals surface area contributed by atoms with Gasteiger partial charge in [0.2, 0.25) is 0 Å². The fraction of sp³-hybridized carbons (Fsp3) is 0.467. The number of carboxylic acids is 2. The normalized spacial score (nSPS) is 29.9. The molecule has 2 rings (SSSR count). The Bertz CT molecular complexity index is 525. The zero-order chi connectivity index (χ0) is 14.9. The van der Waals surface area contributed by atoms with E-state index in [1.54, 1.807) is 12.1 Å². The van der Waals surface area contributed by atoms with Gasteiger partial charge in [0.1, 0.15) is 0 Å². The molecule has 108 valence electrons. The lowest BCUT2D eigenvalue weighted by molar-refractivity contribution is -0.159. The lowest BCUT2D eigenvalue weighted by Gasteiger charge is -2.37. The summed E-state index contributed by atoms with van der Waals surface area (Å²) in [6.07, 6.45) is -0.330. The van der Waals surface area contributed by atoms with E-state index in [9.17, 15) is 24.9 Å². The minimum Gasteiger partial charge on any atom is -0.481 e. The van der Waals surface area contributed by atoms with Crippen molar-refractivity contribution in [3.63, 3.8) is 0 Å². The molecule has 4 atom stereocenters. The SMILES string of the molecule is Cc1ccccc1[C@H]1[C@H](C(=O)O)[C@@H](C(=O)O)CC[C@@H]1O. The number of aliphatic hydroxyl groups is 1. The van der Waals surface area contributed by atoms with E-state index < -0.39 is 35.8 Å². The van der Waals surface area contributed by atoms with Gasteiger partial charge >= 0.3 is 11.9 Å². The number of carboxylic acid groups (broad SMARTS) is 2. The molecule has 1 saturated carbocycles. The van der Waals surface area contributed by atoms with Crippen LogP contribution in [0.3, 0.4) is 0 Å². The summed E-state index contributed by atoms with van der Waals surface area (Å²) in [4.78, 5) is 22.8. The smallest absolute Gasteiger partial charge is 0.308 e. The van der Waals surface area contributed by atoms with Gasteiger partial charge in [-0.3, -0.25) is 9.59 Å². The van der Waals surface area contributed by atoms with E-state index in [-0.39, 0.29) is 6.42 Å². The largest absolute Gasteiger partial charge is 0.481 e. The molecule has 5 nitrogen and oxygen atoms in total. The van der Waals surface area contributed by atoms with E-state index in [0.717, 1.165) is 11.1 Å². The summed E-state index contributed by atoms with van der Waals surface area (Å²) in [7, 11) is 0. The van der Waals surface area contributed by atoms with Crippen LogP contribution < -0.4 is 0 Å². The maximum absolute atomic E-state index is 11.5. The van der Waals surface area contributed by atoms with Gasteiger partial charge in [-0.25, -0.2) is 0 Å². The van der Waals surface area contributed by atoms with E-state index in [4.69, 9.17) is 0 Å². The van der Waals surface area contributed by atoms with Crippen LogP contribution in [-0.2, 0) is 9.59 Å². The third-order valence-corrected chi connectivity index (χ3v) is 4.16. The predicted molar refractivity (Wildman–Crippen MR) is 71.4 cm³/mol. The average molecular weight is 278 g/mol. The highest BCUT2D eigenvalue weighted by molar-refractivity contribution is 5.81. The molecule has 0 radical (unpaired) electrons. The average Bonchev–Trinajstić information content (AvgIpc) is 2.38. The molecule has 1 aliphatic carbocycles. The van der Waals surface area contributed by atoms with E-state index in [1.165, 1.54) is 0 Å². The second-order valence-electron chi connectivity index (χ2n) is 5.34. The molecule has 0 spiro atoms. The number of hydrogen-bond donors (Lipinski definition) is 3. The van der Waals surface area contributed by atoms with Crippen LogP contribution in [0.1, 0.15) is 29.9 Å². The first-order valence-electron chi connectivity index (χ1n) is 6.62. The minimum atomic E-state index is -1.16. The number of aliphatic carboxylic acids is 2. The number of aryl methyl sites for hydroxylation is 1. The molecule has 1 fully saturated rings. The van der Waals surface area contributed by atoms with Crippen molar-refractivity contribution < 1.29 is 24.9 Å². The van der Waals surface area contributed by atoms with Crippen molar-refractivity contribution in [2.24, 2.45) is 11.8 Å². The molecule has 0 unspecified atom stereocenters. The summed E-state index contributed by atoms with van der Waals surface area (Å²) in [6, 6.07) is 7.21. The van der Waals surface area contributed by atoms with Crippen LogP contribution in [0.4, 0.5) is 0 Å². The third kappa shape index (κ3) is 2.54. The molecular weight excluding hydrogens is 260 g/mol. The zero-order valence-corrected chi connectivity index (χ0v) is 11.2. The molecule has 1 aromatic carbocycles. The Morgan fingerprint density at radius 3 is 2.30 bits per heavy atom. The van der Waals surface area contributed by atoms with Crippen molar-refractivity contribution in [3.8, 4) is 0 Å². The summed E-state index contributed by atoms with van der Waals surface area (Å²) in [5, 5.41) is 28.9. The van der Waals surface area contributed by atoms with Crippen LogP contribution >= 0.6 is 0 Å². The van der Waals surface area contributed by atoms with Gasteiger partial charge in [-0.15, -0.1) is 0 Å². The zero-order valence-electron chi connectivity index (χ0n) is 11.2. The molecule has 0 aromatic heterocycles. The first kappa shape index (κ1) is 14.5. The van der Waals surface area contributed by atoms with Crippen LogP contribution in [0.25, 0.3) is 0 Å². The molecule has 1 aromatic rings. The molecule has 0 bridgehead atoms. The maximum Gasteiger partial charge on any atom is 0.308 e. The second kappa shape index (κ2) is 5.63. The Balaban J connectivity index is 2.48. The van der Waals surface area contributed by atoms with Crippen LogP contribution in [0.5, 0.6) is 0 Å². The van der Waals surface area contributed by atoms with Gasteiger partial charge < -0.3 is 15.3 Å². The lowest BCUT2D eigenvalue weighted by Crippen LogP contribution is -2.43. The number of hydrogen-bond acceptors (Lipinski definition) is 3. The quantitative estimate of drug-likeness (QED) is 0.781. The number of benzene rings is 1. The van der Waals surface area contributed by atoms with Crippen molar-refractivity contribution in [1.82, 2.24) is 0 Å². The van der Waals surface area contributed by atoms with Gasteiger partial charge in [-0.1, -0.05) is 24.3 Å². The van der Waals surface area contributed by atoms with Gasteiger partial charge in [0.15, 0.2) is 0 Å². The highest BCUT2D eigenvalue weighted by atomic mass is 16.4. The molecule has 1 aliphatic rings. The van der Waals surface area contributed by atoms with Crippen molar-refractivity contribution >= 4 is 11.9 Å². The van der Waals surface area contributed by atoms with Gasteiger partial charge in [0, 0.05) is 5.92 Å². The second-order valence-corrected chi connectivity index (χ2v) is 5.34. The maximum atomic E-state index is 11.5. The van der Waals surface area contributed by atoms with Crippen LogP contribution in [0.2, 0.25) is 0 Å². The first-order valence-corrected chi connectivity index (χ1v) is 6.62. The summed E-state index contributed by atoms with van der Waals surface area (Å²) in [5.41, 5.74) is 1.59. The van der Waals surface area contributed by atoms with Crippen molar-refractivity contribution in [3.05, 3.63) is 35.4 Å². The lowest BCUT2D eigenvalue weighted by atomic mass is 9.67. The Kier molecular flexibility index (Phi) is 4.09. The first-order chi connectivity index (χ1) is 9.43. The van der Waals surface area contributed by atoms with E-state index in [0.29, 0.717) is 6.42 Å². The number of rotatable bonds is 3. The molecule has 0 aliphatic heterocycles. The van der Waals surface area contributed by atoms with Gasteiger partial charge in [-0.2, -0.15) is 0 Å². The van der Waals surface area contributed by atoms with E-state index in [2.05, 4.69) is 0 Å². The molecule has 0 saturated heterocycles. The molecule has 3 N–H and O–H groups in total. The summed E-state index contributed by atoms with van der Waals surface area (Å²) < 4.78 is 0. The van der Waals surface area contributed by atoms with Crippen LogP contribution in [0, 0.1) is 18.8 Å². The van der Waals surface area contributed by atoms with Gasteiger partial charge in [0.25, 0.3) is 0 Å². The highest BCUT2D eigenvalue weighted by Gasteiger charge is 2.47. The highest BCUT2D eigenvalue weighted by Crippen LogP contribution is 2.42. The minimum absolute atomic E-state index is 0.190. The molecular formula is C15H18O5. The fourth-order valence-electron chi connectivity index (χ4n) is 3.16. The standard InChI is InChI=1S/C15H18O5/c1-8-4-2-3-5-9(8)12-11(16)7-6-10(14(17)18)13(12)15(19)20/h2-5,10-13,16H,6-7H2,1H3,(H,17,18)(H,19,20)/t10-,11-,12+,13+/m0/s1. The Morgan fingerprint density at radius 2 is 1.75 bits per heavy atom. The van der Waals surface area contributed by atoms with Crippen LogP contribution in [-0.4, -0.2) is 33.4 Å². The molecule has 20 heavy (non-hydrogen) atoms. The Hall–Kier alpha value is -1.88. The fourth-order valence-corrected chi connectivity index (χ4v) is 3.16. The summed E-state index contributed by atoms with van der Waals surface area (Å²) in [6.45, 7) is 1.84. The van der Waals surface area contributed by atoms with Crippen molar-refractivity contribution in [1.29, 1.82) is 0 Å². The van der Waals surface area contributed by atoms with Gasteiger partial charge in [-0.05, 0) is 30.9 Å². The van der Waals surface area contributed by atoms with Crippen molar-refractivity contribution in [2.45, 2.75) is 31.8 Å². The van der Waals surface area contributed by atoms with Crippen LogP contribution in [0.15, 0.2) is 24.3 Å². The monoisotopic (exact) mass is 278 g/mol. The Labute approximate surface area is 116 Å². The molecule has 0 heterocycles. The van der Waals surface area contributed by atoms with Crippen molar-refractivity contribution in [2.75, 3.05) is 0 Å². The predicted octanol–water partition coefficient (Wildman–Crippen LogP) is 1.63. The summed E-state index contributed by atoms with van der Waals surface area (Å²) in [5.74, 6) is -5.01. The molecule has 5 heteroatoms. The van der Waals surface area contributed by atoms with E-state index >= 15 is 0 Å².